The summed E-state index contributed by atoms with van der Waals surface area (Å²) in [4.78, 5) is 0. The molecule has 3 rings (SSSR count). The van der Waals surface area contributed by atoms with E-state index in [4.69, 9.17) is 0 Å². The van der Waals surface area contributed by atoms with E-state index >= 15 is 0 Å². The fraction of sp³-hybridized carbons (Fsp3) is 0.294. The van der Waals surface area contributed by atoms with Crippen molar-refractivity contribution in [2.45, 2.75) is 18.3 Å². The third-order valence-corrected chi connectivity index (χ3v) is 4.08. The maximum Gasteiger partial charge on any atom is 0.159 e. The van der Waals surface area contributed by atoms with Crippen LogP contribution >= 0.6 is 0 Å². The molecule has 20 heavy (non-hydrogen) atoms. The molecule has 0 aliphatic carbocycles. The molecule has 2 aromatic rings. The highest BCUT2D eigenvalue weighted by Gasteiger charge is 2.28. The second-order valence-corrected chi connectivity index (χ2v) is 5.29. The number of nitrogens with one attached hydrogen (secondary N) is 1. The molecule has 0 amide bonds. The first kappa shape index (κ1) is 13.3. The lowest BCUT2D eigenvalue weighted by molar-refractivity contribution is 0.401. The summed E-state index contributed by atoms with van der Waals surface area (Å²) in [7, 11) is 0. The molecule has 1 fully saturated rings. The summed E-state index contributed by atoms with van der Waals surface area (Å²) in [5.41, 5.74) is 2.13. The number of benzene rings is 2. The van der Waals surface area contributed by atoms with Crippen molar-refractivity contribution in [2.24, 2.45) is 0 Å². The van der Waals surface area contributed by atoms with Gasteiger partial charge in [-0.05, 0) is 42.1 Å². The van der Waals surface area contributed by atoms with Gasteiger partial charge in [0.15, 0.2) is 11.6 Å². The molecule has 1 heterocycles. The van der Waals surface area contributed by atoms with Crippen LogP contribution < -0.4 is 5.32 Å². The molecule has 0 bridgehead atoms. The molecule has 0 saturated carbocycles. The van der Waals surface area contributed by atoms with Crippen molar-refractivity contribution >= 4 is 0 Å². The largest absolute Gasteiger partial charge is 0.316 e. The Hall–Kier alpha value is -1.74. The minimum atomic E-state index is -0.779. The Kier molecular flexibility index (Phi) is 3.79. The van der Waals surface area contributed by atoms with Gasteiger partial charge in [0.05, 0.1) is 0 Å². The van der Waals surface area contributed by atoms with Crippen LogP contribution in [0, 0.1) is 11.6 Å². The van der Waals surface area contributed by atoms with Crippen LogP contribution in [0.3, 0.4) is 0 Å². The number of halogens is 2. The van der Waals surface area contributed by atoms with E-state index in [0.717, 1.165) is 25.1 Å². The summed E-state index contributed by atoms with van der Waals surface area (Å²) in [6, 6.07) is 14.5. The topological polar surface area (TPSA) is 12.0 Å². The Bertz CT molecular complexity index is 583. The van der Waals surface area contributed by atoms with Gasteiger partial charge in [0.2, 0.25) is 0 Å². The monoisotopic (exact) mass is 273 g/mol. The zero-order chi connectivity index (χ0) is 13.9. The van der Waals surface area contributed by atoms with Crippen molar-refractivity contribution in [1.82, 2.24) is 5.32 Å². The molecule has 2 atom stereocenters. The average Bonchev–Trinajstić information content (AvgIpc) is 2.51. The molecule has 0 radical (unpaired) electrons. The van der Waals surface area contributed by atoms with E-state index in [1.165, 1.54) is 17.7 Å². The smallest absolute Gasteiger partial charge is 0.159 e. The SMILES string of the molecule is Fc1ccc(C2CCNCC2c2ccccc2)cc1F. The quantitative estimate of drug-likeness (QED) is 0.877. The van der Waals surface area contributed by atoms with E-state index in [1.54, 1.807) is 6.07 Å². The molecule has 104 valence electrons. The van der Waals surface area contributed by atoms with Gasteiger partial charge in [-0.2, -0.15) is 0 Å². The van der Waals surface area contributed by atoms with Crippen molar-refractivity contribution in [1.29, 1.82) is 0 Å². The van der Waals surface area contributed by atoms with Crippen LogP contribution in [-0.2, 0) is 0 Å². The molecule has 1 aliphatic rings. The molecule has 1 nitrogen and oxygen atoms in total. The standard InChI is InChI=1S/C17H17F2N/c18-16-7-6-13(10-17(16)19)14-8-9-20-11-15(14)12-4-2-1-3-5-12/h1-7,10,14-15,20H,8-9,11H2. The summed E-state index contributed by atoms with van der Waals surface area (Å²) in [6.07, 6.45) is 0.935. The lowest BCUT2D eigenvalue weighted by Crippen LogP contribution is -2.34. The number of rotatable bonds is 2. The average molecular weight is 273 g/mol. The van der Waals surface area contributed by atoms with E-state index in [1.807, 2.05) is 18.2 Å². The number of piperidine rings is 1. The van der Waals surface area contributed by atoms with Gasteiger partial charge < -0.3 is 5.32 Å². The maximum absolute atomic E-state index is 13.5. The molecule has 2 unspecified atom stereocenters. The first-order valence-corrected chi connectivity index (χ1v) is 6.96. The second-order valence-electron chi connectivity index (χ2n) is 5.29. The Labute approximate surface area is 117 Å². The summed E-state index contributed by atoms with van der Waals surface area (Å²) in [5, 5.41) is 3.39. The van der Waals surface area contributed by atoms with Gasteiger partial charge in [-0.15, -0.1) is 0 Å². The van der Waals surface area contributed by atoms with Crippen LogP contribution in [-0.4, -0.2) is 13.1 Å². The van der Waals surface area contributed by atoms with Crippen molar-refractivity contribution in [3.63, 3.8) is 0 Å². The molecule has 1 aliphatic heterocycles. The number of hydrogen-bond donors (Lipinski definition) is 1. The summed E-state index contributed by atoms with van der Waals surface area (Å²) < 4.78 is 26.6. The Morgan fingerprint density at radius 3 is 2.40 bits per heavy atom. The third kappa shape index (κ3) is 2.59. The van der Waals surface area contributed by atoms with Crippen molar-refractivity contribution < 1.29 is 8.78 Å². The van der Waals surface area contributed by atoms with E-state index in [-0.39, 0.29) is 5.92 Å². The zero-order valence-electron chi connectivity index (χ0n) is 11.2. The Morgan fingerprint density at radius 1 is 0.850 bits per heavy atom. The van der Waals surface area contributed by atoms with E-state index in [2.05, 4.69) is 17.4 Å². The van der Waals surface area contributed by atoms with Crippen molar-refractivity contribution in [2.75, 3.05) is 13.1 Å². The zero-order valence-corrected chi connectivity index (χ0v) is 11.2. The highest BCUT2D eigenvalue weighted by molar-refractivity contribution is 5.30. The van der Waals surface area contributed by atoms with Gasteiger partial charge >= 0.3 is 0 Å². The molecule has 0 aromatic heterocycles. The Balaban J connectivity index is 1.94. The molecular formula is C17H17F2N. The van der Waals surface area contributed by atoms with Crippen LogP contribution in [0.2, 0.25) is 0 Å². The summed E-state index contributed by atoms with van der Waals surface area (Å²) >= 11 is 0. The van der Waals surface area contributed by atoms with Crippen LogP contribution in [0.25, 0.3) is 0 Å². The van der Waals surface area contributed by atoms with E-state index in [0.29, 0.717) is 5.92 Å². The lowest BCUT2D eigenvalue weighted by Gasteiger charge is -2.33. The predicted octanol–water partition coefficient (Wildman–Crippen LogP) is 3.83. The minimum absolute atomic E-state index is 0.230. The highest BCUT2D eigenvalue weighted by atomic mass is 19.2. The summed E-state index contributed by atoms with van der Waals surface area (Å²) in [5.74, 6) is -1.00. The summed E-state index contributed by atoms with van der Waals surface area (Å²) in [6.45, 7) is 1.78. The molecule has 1 saturated heterocycles. The molecule has 2 aromatic carbocycles. The van der Waals surface area contributed by atoms with Gasteiger partial charge in [0.1, 0.15) is 0 Å². The van der Waals surface area contributed by atoms with Crippen molar-refractivity contribution in [3.05, 3.63) is 71.3 Å². The van der Waals surface area contributed by atoms with Crippen LogP contribution in [0.5, 0.6) is 0 Å². The van der Waals surface area contributed by atoms with Gasteiger partial charge in [0, 0.05) is 12.5 Å². The molecule has 1 N–H and O–H groups in total. The Morgan fingerprint density at radius 2 is 1.65 bits per heavy atom. The van der Waals surface area contributed by atoms with Crippen LogP contribution in [0.4, 0.5) is 8.78 Å². The normalized spacial score (nSPS) is 22.7. The van der Waals surface area contributed by atoms with Gasteiger partial charge in [-0.3, -0.25) is 0 Å². The van der Waals surface area contributed by atoms with E-state index < -0.39 is 11.6 Å². The third-order valence-electron chi connectivity index (χ3n) is 4.08. The first-order valence-electron chi connectivity index (χ1n) is 6.96. The fourth-order valence-electron chi connectivity index (χ4n) is 3.05. The molecule has 0 spiro atoms. The second kappa shape index (κ2) is 5.71. The van der Waals surface area contributed by atoms with Crippen LogP contribution in [0.15, 0.2) is 48.5 Å². The first-order chi connectivity index (χ1) is 9.75. The van der Waals surface area contributed by atoms with Crippen molar-refractivity contribution in [3.8, 4) is 0 Å². The minimum Gasteiger partial charge on any atom is -0.316 e. The van der Waals surface area contributed by atoms with E-state index in [9.17, 15) is 8.78 Å². The van der Waals surface area contributed by atoms with Crippen LogP contribution in [0.1, 0.15) is 29.4 Å². The van der Waals surface area contributed by atoms with Gasteiger partial charge in [0.25, 0.3) is 0 Å². The fourth-order valence-corrected chi connectivity index (χ4v) is 3.05. The maximum atomic E-state index is 13.5. The van der Waals surface area contributed by atoms with Gasteiger partial charge in [-0.25, -0.2) is 8.78 Å². The molecular weight excluding hydrogens is 256 g/mol. The molecule has 3 heteroatoms. The van der Waals surface area contributed by atoms with Gasteiger partial charge in [-0.1, -0.05) is 36.4 Å². The number of hydrogen-bond acceptors (Lipinski definition) is 1. The highest BCUT2D eigenvalue weighted by Crippen LogP contribution is 2.37. The lowest BCUT2D eigenvalue weighted by atomic mass is 9.77. The predicted molar refractivity (Wildman–Crippen MR) is 75.8 cm³/mol.